The lowest BCUT2D eigenvalue weighted by molar-refractivity contribution is 0.188. The third kappa shape index (κ3) is 3.16. The van der Waals surface area contributed by atoms with Gasteiger partial charge >= 0.3 is 0 Å². The average molecular weight is 270 g/mol. The van der Waals surface area contributed by atoms with Gasteiger partial charge in [-0.25, -0.2) is 0 Å². The zero-order valence-corrected chi connectivity index (χ0v) is 13.5. The van der Waals surface area contributed by atoms with Gasteiger partial charge in [-0.05, 0) is 47.6 Å². The van der Waals surface area contributed by atoms with Crippen molar-refractivity contribution in [2.75, 3.05) is 0 Å². The molecular weight excluding hydrogens is 240 g/mol. The monoisotopic (exact) mass is 270 g/mol. The largest absolute Gasteiger partial charge is 0.0985 e. The number of benzene rings is 1. The second-order valence-corrected chi connectivity index (χ2v) is 7.14. The molecule has 0 N–H and O–H groups in total. The zero-order valence-electron chi connectivity index (χ0n) is 13.5. The molecule has 1 aromatic rings. The van der Waals surface area contributed by atoms with Gasteiger partial charge in [-0.1, -0.05) is 77.0 Å². The second kappa shape index (κ2) is 6.61. The Morgan fingerprint density at radius 3 is 2.45 bits per heavy atom. The van der Waals surface area contributed by atoms with E-state index in [-0.39, 0.29) is 0 Å². The molecule has 1 unspecified atom stereocenters. The molecule has 1 aliphatic rings. The third-order valence-electron chi connectivity index (χ3n) is 5.13. The number of rotatable bonds is 5. The van der Waals surface area contributed by atoms with Crippen molar-refractivity contribution in [3.63, 3.8) is 0 Å². The summed E-state index contributed by atoms with van der Waals surface area (Å²) in [5.41, 5.74) is 3.16. The summed E-state index contributed by atoms with van der Waals surface area (Å²) in [7, 11) is 0. The molecule has 20 heavy (non-hydrogen) atoms. The minimum absolute atomic E-state index is 0.305. The number of hydrogen-bond acceptors (Lipinski definition) is 0. The van der Waals surface area contributed by atoms with Crippen LogP contribution >= 0.6 is 0 Å². The van der Waals surface area contributed by atoms with Gasteiger partial charge < -0.3 is 0 Å². The van der Waals surface area contributed by atoms with Gasteiger partial charge in [-0.2, -0.15) is 0 Å². The highest BCUT2D eigenvalue weighted by molar-refractivity contribution is 5.54. The summed E-state index contributed by atoms with van der Waals surface area (Å²) in [5, 5.41) is 0. The van der Waals surface area contributed by atoms with Crippen LogP contribution in [0.5, 0.6) is 0 Å². The lowest BCUT2D eigenvalue weighted by Gasteiger charge is -2.42. The van der Waals surface area contributed by atoms with Gasteiger partial charge in [-0.3, -0.25) is 0 Å². The van der Waals surface area contributed by atoms with E-state index in [1.165, 1.54) is 49.7 Å². The lowest BCUT2D eigenvalue weighted by Crippen LogP contribution is -2.35. The van der Waals surface area contributed by atoms with Gasteiger partial charge in [-0.15, -0.1) is 0 Å². The van der Waals surface area contributed by atoms with Crippen LogP contribution in [0.15, 0.2) is 30.8 Å². The van der Waals surface area contributed by atoms with Crippen LogP contribution in [0.2, 0.25) is 0 Å². The molecule has 0 heteroatoms. The molecule has 1 atom stereocenters. The topological polar surface area (TPSA) is 0 Å². The molecule has 0 saturated heterocycles. The molecule has 1 aromatic carbocycles. The van der Waals surface area contributed by atoms with Crippen LogP contribution in [0.1, 0.15) is 70.4 Å². The minimum Gasteiger partial charge on any atom is -0.0985 e. The van der Waals surface area contributed by atoms with Crippen molar-refractivity contribution in [3.8, 4) is 0 Å². The van der Waals surface area contributed by atoms with Gasteiger partial charge in [0.2, 0.25) is 0 Å². The van der Waals surface area contributed by atoms with E-state index < -0.39 is 0 Å². The van der Waals surface area contributed by atoms with Crippen LogP contribution in [0.3, 0.4) is 0 Å². The van der Waals surface area contributed by atoms with E-state index in [2.05, 4.69) is 51.6 Å². The Labute approximate surface area is 125 Å². The maximum Gasteiger partial charge on any atom is -0.00387 e. The standard InChI is InChI=1S/C20H30/c1-5-17-11-9-10-14-19(17)20(4,15-16(2)3)18-12-7-6-8-13-18/h5,9-11,14,16,18H,1,6-8,12-13,15H2,2-4H3. The van der Waals surface area contributed by atoms with Gasteiger partial charge in [0, 0.05) is 0 Å². The van der Waals surface area contributed by atoms with Gasteiger partial charge in [0.25, 0.3) is 0 Å². The second-order valence-electron chi connectivity index (χ2n) is 7.14. The van der Waals surface area contributed by atoms with E-state index in [1.54, 1.807) is 0 Å². The molecule has 0 spiro atoms. The minimum atomic E-state index is 0.305. The van der Waals surface area contributed by atoms with E-state index in [9.17, 15) is 0 Å². The first-order chi connectivity index (χ1) is 9.58. The fourth-order valence-corrected chi connectivity index (χ4v) is 4.28. The molecule has 2 rings (SSSR count). The first-order valence-electron chi connectivity index (χ1n) is 8.30. The van der Waals surface area contributed by atoms with Crippen LogP contribution in [0.25, 0.3) is 6.08 Å². The predicted octanol–water partition coefficient (Wildman–Crippen LogP) is 6.21. The maximum absolute atomic E-state index is 4.03. The summed E-state index contributed by atoms with van der Waals surface area (Å²) in [6.45, 7) is 11.3. The van der Waals surface area contributed by atoms with Gasteiger partial charge in [0.05, 0.1) is 0 Å². The summed E-state index contributed by atoms with van der Waals surface area (Å²) in [4.78, 5) is 0. The average Bonchev–Trinajstić information content (AvgIpc) is 2.47. The molecular formula is C20H30. The highest BCUT2D eigenvalue weighted by atomic mass is 14.4. The Balaban J connectivity index is 2.41. The normalized spacial score (nSPS) is 19.8. The molecule has 0 radical (unpaired) electrons. The Morgan fingerprint density at radius 2 is 1.85 bits per heavy atom. The van der Waals surface area contributed by atoms with Crippen LogP contribution in [0, 0.1) is 11.8 Å². The maximum atomic E-state index is 4.03. The number of hydrogen-bond donors (Lipinski definition) is 0. The van der Waals surface area contributed by atoms with Crippen molar-refractivity contribution in [2.45, 2.75) is 64.7 Å². The van der Waals surface area contributed by atoms with E-state index >= 15 is 0 Å². The Hall–Kier alpha value is -1.04. The SMILES string of the molecule is C=Cc1ccccc1C(C)(CC(C)C)C1CCCCC1. The van der Waals surface area contributed by atoms with E-state index in [4.69, 9.17) is 0 Å². The first-order valence-corrected chi connectivity index (χ1v) is 8.30. The van der Waals surface area contributed by atoms with Crippen molar-refractivity contribution >= 4 is 6.08 Å². The summed E-state index contributed by atoms with van der Waals surface area (Å²) in [5.74, 6) is 1.57. The fraction of sp³-hybridized carbons (Fsp3) is 0.600. The Bertz CT molecular complexity index is 437. The van der Waals surface area contributed by atoms with E-state index in [0.29, 0.717) is 5.41 Å². The molecule has 0 nitrogen and oxygen atoms in total. The van der Waals surface area contributed by atoms with Crippen molar-refractivity contribution in [2.24, 2.45) is 11.8 Å². The van der Waals surface area contributed by atoms with E-state index in [0.717, 1.165) is 11.8 Å². The van der Waals surface area contributed by atoms with Gasteiger partial charge in [0.1, 0.15) is 0 Å². The predicted molar refractivity (Wildman–Crippen MR) is 89.9 cm³/mol. The molecule has 1 aliphatic carbocycles. The van der Waals surface area contributed by atoms with Crippen LogP contribution < -0.4 is 0 Å². The highest BCUT2D eigenvalue weighted by Gasteiger charge is 2.37. The van der Waals surface area contributed by atoms with Gasteiger partial charge in [0.15, 0.2) is 0 Å². The Kier molecular flexibility index (Phi) is 5.07. The molecule has 0 amide bonds. The summed E-state index contributed by atoms with van der Waals surface area (Å²) >= 11 is 0. The Morgan fingerprint density at radius 1 is 1.20 bits per heavy atom. The van der Waals surface area contributed by atoms with E-state index in [1.807, 2.05) is 6.08 Å². The molecule has 0 aromatic heterocycles. The third-order valence-corrected chi connectivity index (χ3v) is 5.13. The first kappa shape index (κ1) is 15.4. The fourth-order valence-electron chi connectivity index (χ4n) is 4.28. The highest BCUT2D eigenvalue weighted by Crippen LogP contribution is 2.46. The molecule has 110 valence electrons. The molecule has 0 heterocycles. The van der Waals surface area contributed by atoms with Crippen molar-refractivity contribution in [1.82, 2.24) is 0 Å². The molecule has 0 aliphatic heterocycles. The quantitative estimate of drug-likeness (QED) is 0.596. The molecule has 1 saturated carbocycles. The van der Waals surface area contributed by atoms with Crippen LogP contribution in [-0.4, -0.2) is 0 Å². The summed E-state index contributed by atoms with van der Waals surface area (Å²) in [6, 6.07) is 8.90. The lowest BCUT2D eigenvalue weighted by atomic mass is 9.62. The van der Waals surface area contributed by atoms with Crippen molar-refractivity contribution in [1.29, 1.82) is 0 Å². The van der Waals surface area contributed by atoms with Crippen molar-refractivity contribution in [3.05, 3.63) is 42.0 Å². The zero-order chi connectivity index (χ0) is 14.6. The van der Waals surface area contributed by atoms with Crippen molar-refractivity contribution < 1.29 is 0 Å². The van der Waals surface area contributed by atoms with Crippen LogP contribution in [-0.2, 0) is 5.41 Å². The summed E-state index contributed by atoms with van der Waals surface area (Å²) < 4.78 is 0. The summed E-state index contributed by atoms with van der Waals surface area (Å²) in [6.07, 6.45) is 10.4. The molecule has 0 bridgehead atoms. The van der Waals surface area contributed by atoms with Crippen LogP contribution in [0.4, 0.5) is 0 Å². The smallest absolute Gasteiger partial charge is 0.00387 e. The molecule has 1 fully saturated rings.